The maximum atomic E-state index is 13.5. The standard InChI is InChI=1S/C16H15ClF2IN/c1-2-7-21-16(10-4-6-15(20)12(17)8-10)11-3-5-13(18)14(19)9-11/h3-6,8-9,16,21H,2,7H2,1H3. The minimum Gasteiger partial charge on any atom is -0.306 e. The van der Waals surface area contributed by atoms with Crippen LogP contribution in [-0.4, -0.2) is 6.54 Å². The molecule has 1 nitrogen and oxygen atoms in total. The van der Waals surface area contributed by atoms with Gasteiger partial charge in [-0.3, -0.25) is 0 Å². The molecule has 1 atom stereocenters. The van der Waals surface area contributed by atoms with Gasteiger partial charge in [-0.1, -0.05) is 30.7 Å². The van der Waals surface area contributed by atoms with Crippen LogP contribution in [0.2, 0.25) is 5.02 Å². The van der Waals surface area contributed by atoms with E-state index in [-0.39, 0.29) is 6.04 Å². The van der Waals surface area contributed by atoms with E-state index in [1.807, 2.05) is 18.2 Å². The first-order valence-corrected chi connectivity index (χ1v) is 8.12. The lowest BCUT2D eigenvalue weighted by molar-refractivity contribution is 0.503. The Hall–Kier alpha value is -0.720. The number of nitrogens with one attached hydrogen (secondary N) is 1. The van der Waals surface area contributed by atoms with E-state index < -0.39 is 11.6 Å². The molecule has 1 N–H and O–H groups in total. The molecule has 112 valence electrons. The van der Waals surface area contributed by atoms with Crippen molar-refractivity contribution in [3.05, 3.63) is 67.8 Å². The summed E-state index contributed by atoms with van der Waals surface area (Å²) in [5, 5.41) is 4.00. The van der Waals surface area contributed by atoms with Gasteiger partial charge in [-0.15, -0.1) is 0 Å². The predicted octanol–water partition coefficient (Wildman–Crippen LogP) is 5.31. The van der Waals surface area contributed by atoms with Gasteiger partial charge in [-0.05, 0) is 70.9 Å². The van der Waals surface area contributed by atoms with Crippen molar-refractivity contribution in [1.82, 2.24) is 5.32 Å². The predicted molar refractivity (Wildman–Crippen MR) is 90.7 cm³/mol. The van der Waals surface area contributed by atoms with Crippen LogP contribution >= 0.6 is 34.2 Å². The largest absolute Gasteiger partial charge is 0.306 e. The van der Waals surface area contributed by atoms with E-state index >= 15 is 0 Å². The van der Waals surface area contributed by atoms with Gasteiger partial charge in [-0.2, -0.15) is 0 Å². The topological polar surface area (TPSA) is 12.0 Å². The van der Waals surface area contributed by atoms with Crippen LogP contribution in [0.4, 0.5) is 8.78 Å². The van der Waals surface area contributed by atoms with Crippen LogP contribution in [0.25, 0.3) is 0 Å². The molecule has 2 rings (SSSR count). The summed E-state index contributed by atoms with van der Waals surface area (Å²) in [5.41, 5.74) is 1.61. The van der Waals surface area contributed by atoms with Crippen molar-refractivity contribution in [1.29, 1.82) is 0 Å². The zero-order valence-corrected chi connectivity index (χ0v) is 14.4. The fourth-order valence-corrected chi connectivity index (χ4v) is 2.63. The summed E-state index contributed by atoms with van der Waals surface area (Å²) in [6.45, 7) is 2.82. The van der Waals surface area contributed by atoms with Crippen molar-refractivity contribution in [2.45, 2.75) is 19.4 Å². The van der Waals surface area contributed by atoms with Gasteiger partial charge in [0.15, 0.2) is 11.6 Å². The van der Waals surface area contributed by atoms with Crippen LogP contribution in [0.3, 0.4) is 0 Å². The van der Waals surface area contributed by atoms with Crippen LogP contribution in [0.15, 0.2) is 36.4 Å². The van der Waals surface area contributed by atoms with E-state index in [4.69, 9.17) is 11.6 Å². The number of rotatable bonds is 5. The van der Waals surface area contributed by atoms with Crippen molar-refractivity contribution in [2.24, 2.45) is 0 Å². The third kappa shape index (κ3) is 4.14. The van der Waals surface area contributed by atoms with E-state index in [2.05, 4.69) is 34.8 Å². The van der Waals surface area contributed by atoms with Crippen molar-refractivity contribution < 1.29 is 8.78 Å². The SMILES string of the molecule is CCCNC(c1ccc(F)c(F)c1)c1ccc(I)c(Cl)c1. The fraction of sp³-hybridized carbons (Fsp3) is 0.250. The molecule has 0 saturated heterocycles. The Bertz CT molecular complexity index is 582. The number of halogens is 4. The van der Waals surface area contributed by atoms with Crippen molar-refractivity contribution >= 4 is 34.2 Å². The van der Waals surface area contributed by atoms with E-state index in [9.17, 15) is 8.78 Å². The highest BCUT2D eigenvalue weighted by Crippen LogP contribution is 2.28. The highest BCUT2D eigenvalue weighted by Gasteiger charge is 2.16. The minimum atomic E-state index is -0.840. The molecule has 21 heavy (non-hydrogen) atoms. The molecule has 0 amide bonds. The Morgan fingerprint density at radius 2 is 1.76 bits per heavy atom. The quantitative estimate of drug-likeness (QED) is 0.645. The smallest absolute Gasteiger partial charge is 0.159 e. The van der Waals surface area contributed by atoms with E-state index in [0.29, 0.717) is 10.6 Å². The van der Waals surface area contributed by atoms with Gasteiger partial charge in [0, 0.05) is 3.57 Å². The molecule has 0 bridgehead atoms. The van der Waals surface area contributed by atoms with E-state index in [1.165, 1.54) is 6.07 Å². The first kappa shape index (κ1) is 16.6. The maximum Gasteiger partial charge on any atom is 0.159 e. The Balaban J connectivity index is 2.41. The Labute approximate surface area is 141 Å². The van der Waals surface area contributed by atoms with Crippen LogP contribution in [0, 0.1) is 15.2 Å². The van der Waals surface area contributed by atoms with Gasteiger partial charge in [0.2, 0.25) is 0 Å². The highest BCUT2D eigenvalue weighted by molar-refractivity contribution is 14.1. The average Bonchev–Trinajstić information content (AvgIpc) is 2.46. The second-order valence-corrected chi connectivity index (χ2v) is 6.30. The maximum absolute atomic E-state index is 13.5. The lowest BCUT2D eigenvalue weighted by Crippen LogP contribution is -2.23. The Morgan fingerprint density at radius 3 is 2.38 bits per heavy atom. The molecule has 5 heteroatoms. The summed E-state index contributed by atoms with van der Waals surface area (Å²) in [5.74, 6) is -1.68. The zero-order chi connectivity index (χ0) is 15.4. The summed E-state index contributed by atoms with van der Waals surface area (Å²) in [6.07, 6.45) is 0.943. The minimum absolute atomic E-state index is 0.213. The van der Waals surface area contributed by atoms with Crippen LogP contribution in [0.1, 0.15) is 30.5 Å². The molecule has 0 aromatic heterocycles. The van der Waals surface area contributed by atoms with Gasteiger partial charge < -0.3 is 5.32 Å². The van der Waals surface area contributed by atoms with Crippen molar-refractivity contribution in [3.63, 3.8) is 0 Å². The average molecular weight is 422 g/mol. The fourth-order valence-electron chi connectivity index (χ4n) is 2.10. The van der Waals surface area contributed by atoms with Crippen LogP contribution in [0.5, 0.6) is 0 Å². The Kier molecular flexibility index (Phi) is 5.96. The lowest BCUT2D eigenvalue weighted by atomic mass is 9.98. The second-order valence-electron chi connectivity index (χ2n) is 4.73. The number of hydrogen-bond donors (Lipinski definition) is 1. The first-order chi connectivity index (χ1) is 10.0. The molecule has 0 heterocycles. The monoisotopic (exact) mass is 421 g/mol. The first-order valence-electron chi connectivity index (χ1n) is 6.66. The molecule has 0 spiro atoms. The molecular weight excluding hydrogens is 407 g/mol. The molecule has 2 aromatic rings. The van der Waals surface area contributed by atoms with Crippen molar-refractivity contribution in [3.8, 4) is 0 Å². The molecule has 0 aliphatic rings. The third-order valence-corrected chi connectivity index (χ3v) is 4.72. The molecule has 0 saturated carbocycles. The van der Waals surface area contributed by atoms with Gasteiger partial charge in [0.05, 0.1) is 11.1 Å². The summed E-state index contributed by atoms with van der Waals surface area (Å²) in [7, 11) is 0. The molecule has 0 aliphatic heterocycles. The highest BCUT2D eigenvalue weighted by atomic mass is 127. The zero-order valence-electron chi connectivity index (χ0n) is 11.5. The van der Waals surface area contributed by atoms with E-state index in [0.717, 1.165) is 28.2 Å². The lowest BCUT2D eigenvalue weighted by Gasteiger charge is -2.20. The van der Waals surface area contributed by atoms with E-state index in [1.54, 1.807) is 6.07 Å². The molecule has 0 radical (unpaired) electrons. The molecule has 2 aromatic carbocycles. The molecule has 1 unspecified atom stereocenters. The van der Waals surface area contributed by atoms with Gasteiger partial charge >= 0.3 is 0 Å². The van der Waals surface area contributed by atoms with Gasteiger partial charge in [0.1, 0.15) is 0 Å². The summed E-state index contributed by atoms with van der Waals surface area (Å²) in [6, 6.07) is 9.49. The summed E-state index contributed by atoms with van der Waals surface area (Å²) >= 11 is 8.32. The normalized spacial score (nSPS) is 12.4. The number of benzene rings is 2. The molecular formula is C16H15ClF2IN. The molecule has 0 aliphatic carbocycles. The van der Waals surface area contributed by atoms with Crippen LogP contribution < -0.4 is 5.32 Å². The van der Waals surface area contributed by atoms with Crippen LogP contribution in [-0.2, 0) is 0 Å². The van der Waals surface area contributed by atoms with Gasteiger partial charge in [-0.25, -0.2) is 8.78 Å². The molecule has 0 fully saturated rings. The number of hydrogen-bond acceptors (Lipinski definition) is 1. The second kappa shape index (κ2) is 7.51. The van der Waals surface area contributed by atoms with Crippen molar-refractivity contribution in [2.75, 3.05) is 6.54 Å². The summed E-state index contributed by atoms with van der Waals surface area (Å²) in [4.78, 5) is 0. The third-order valence-electron chi connectivity index (χ3n) is 3.15. The summed E-state index contributed by atoms with van der Waals surface area (Å²) < 4.78 is 27.6. The van der Waals surface area contributed by atoms with Gasteiger partial charge in [0.25, 0.3) is 0 Å². The Morgan fingerprint density at radius 1 is 1.10 bits per heavy atom.